The molecule has 4 atom stereocenters. The summed E-state index contributed by atoms with van der Waals surface area (Å²) in [6.45, 7) is -0.629. The maximum Gasteiger partial charge on any atom is 0.111 e. The van der Waals surface area contributed by atoms with Gasteiger partial charge in [0.05, 0.1) is 18.4 Å². The van der Waals surface area contributed by atoms with Crippen molar-refractivity contribution >= 4 is 23.1 Å². The van der Waals surface area contributed by atoms with Crippen molar-refractivity contribution in [2.24, 2.45) is 0 Å². The number of hydrogen-bond donors (Lipinski definition) is 6. The van der Waals surface area contributed by atoms with Crippen LogP contribution in [0.15, 0.2) is 17.0 Å². The van der Waals surface area contributed by atoms with Gasteiger partial charge in [-0.2, -0.15) is 0 Å². The Morgan fingerprint density at radius 3 is 2.48 bits per heavy atom. The number of nitrogen functional groups attached to an aromatic ring is 1. The monoisotopic (exact) mass is 344 g/mol. The Bertz CT molecular complexity index is 545. The predicted molar refractivity (Wildman–Crippen MR) is 89.7 cm³/mol. The summed E-state index contributed by atoms with van der Waals surface area (Å²) in [6, 6.07) is 3.69. The van der Waals surface area contributed by atoms with E-state index in [-0.39, 0.29) is 6.54 Å². The van der Waals surface area contributed by atoms with Gasteiger partial charge in [0.15, 0.2) is 0 Å². The van der Waals surface area contributed by atoms with Crippen molar-refractivity contribution in [3.05, 3.63) is 17.7 Å². The Balaban J connectivity index is 2.07. The third kappa shape index (κ3) is 3.90. The molecule has 7 N–H and O–H groups in total. The normalized spacial score (nSPS) is 19.0. The van der Waals surface area contributed by atoms with Gasteiger partial charge in [-0.3, -0.25) is 0 Å². The fourth-order valence-electron chi connectivity index (χ4n) is 2.66. The van der Waals surface area contributed by atoms with Gasteiger partial charge in [-0.1, -0.05) is 0 Å². The molecule has 0 saturated heterocycles. The lowest BCUT2D eigenvalue weighted by atomic mass is 10.0. The van der Waals surface area contributed by atoms with Crippen LogP contribution in [0.25, 0.3) is 0 Å². The molecule has 23 heavy (non-hydrogen) atoms. The number of nitrogens with zero attached hydrogens (tertiary/aromatic N) is 1. The van der Waals surface area contributed by atoms with Gasteiger partial charge >= 0.3 is 0 Å². The molecule has 8 heteroatoms. The summed E-state index contributed by atoms with van der Waals surface area (Å²) in [5.41, 5.74) is 8.73. The summed E-state index contributed by atoms with van der Waals surface area (Å²) in [4.78, 5) is 2.85. The van der Waals surface area contributed by atoms with Crippen molar-refractivity contribution in [2.75, 3.05) is 36.6 Å². The summed E-state index contributed by atoms with van der Waals surface area (Å²) >= 11 is 1.70. The second kappa shape index (κ2) is 7.69. The highest BCUT2D eigenvalue weighted by Crippen LogP contribution is 2.41. The van der Waals surface area contributed by atoms with Crippen LogP contribution in [0, 0.1) is 0 Å². The fraction of sp³-hybridized carbons (Fsp3) is 0.600. The van der Waals surface area contributed by atoms with Crippen LogP contribution in [0.3, 0.4) is 0 Å². The molecule has 0 bridgehead atoms. The van der Waals surface area contributed by atoms with E-state index in [4.69, 9.17) is 10.8 Å². The summed E-state index contributed by atoms with van der Waals surface area (Å²) in [5, 5.41) is 47.8. The van der Waals surface area contributed by atoms with Crippen molar-refractivity contribution < 1.29 is 25.5 Å². The molecule has 1 heterocycles. The lowest BCUT2D eigenvalue weighted by Gasteiger charge is -2.30. The molecule has 130 valence electrons. The molecule has 1 aromatic rings. The summed E-state index contributed by atoms with van der Waals surface area (Å²) in [5.74, 6) is 0.955. The van der Waals surface area contributed by atoms with E-state index >= 15 is 0 Å². The minimum Gasteiger partial charge on any atom is -0.398 e. The highest BCUT2D eigenvalue weighted by atomic mass is 32.2. The van der Waals surface area contributed by atoms with E-state index in [9.17, 15) is 20.4 Å². The van der Waals surface area contributed by atoms with E-state index in [0.717, 1.165) is 34.0 Å². The Morgan fingerprint density at radius 1 is 1.17 bits per heavy atom. The van der Waals surface area contributed by atoms with Gasteiger partial charge < -0.3 is 36.2 Å². The Labute approximate surface area is 139 Å². The largest absolute Gasteiger partial charge is 0.398 e. The van der Waals surface area contributed by atoms with Crippen LogP contribution in [-0.2, 0) is 6.42 Å². The number of anilines is 2. The minimum atomic E-state index is -1.62. The van der Waals surface area contributed by atoms with E-state index in [2.05, 4.69) is 0 Å². The first-order chi connectivity index (χ1) is 10.9. The van der Waals surface area contributed by atoms with Crippen molar-refractivity contribution in [1.82, 2.24) is 0 Å². The van der Waals surface area contributed by atoms with Crippen molar-refractivity contribution in [3.8, 4) is 0 Å². The van der Waals surface area contributed by atoms with Crippen LogP contribution in [0.5, 0.6) is 0 Å². The highest BCUT2D eigenvalue weighted by Gasteiger charge is 2.31. The van der Waals surface area contributed by atoms with Gasteiger partial charge in [0.1, 0.15) is 18.3 Å². The molecule has 0 aliphatic carbocycles. The molecule has 0 amide bonds. The molecular formula is C15H24N2O5S. The molecule has 0 aromatic heterocycles. The summed E-state index contributed by atoms with van der Waals surface area (Å²) in [6.07, 6.45) is -5.05. The van der Waals surface area contributed by atoms with Gasteiger partial charge in [-0.15, -0.1) is 11.8 Å². The van der Waals surface area contributed by atoms with Crippen LogP contribution in [0.4, 0.5) is 11.4 Å². The van der Waals surface area contributed by atoms with Gasteiger partial charge in [-0.05, 0) is 24.1 Å². The second-order valence-electron chi connectivity index (χ2n) is 5.76. The zero-order valence-corrected chi connectivity index (χ0v) is 13.8. The number of rotatable bonds is 7. The van der Waals surface area contributed by atoms with E-state index in [1.807, 2.05) is 12.1 Å². The van der Waals surface area contributed by atoms with Crippen LogP contribution >= 0.6 is 11.8 Å². The number of nitrogens with two attached hydrogens (primary N) is 1. The lowest BCUT2D eigenvalue weighted by Crippen LogP contribution is -2.49. The Morgan fingerprint density at radius 2 is 1.83 bits per heavy atom. The maximum atomic E-state index is 10.1. The molecule has 0 radical (unpaired) electrons. The maximum absolute atomic E-state index is 10.1. The zero-order chi connectivity index (χ0) is 17.1. The molecule has 1 aliphatic rings. The molecule has 7 nitrogen and oxygen atoms in total. The predicted octanol–water partition coefficient (Wildman–Crippen LogP) is -1.21. The van der Waals surface area contributed by atoms with Gasteiger partial charge in [0.25, 0.3) is 0 Å². The smallest absolute Gasteiger partial charge is 0.111 e. The number of fused-ring (bicyclic) bond motifs is 1. The number of benzene rings is 1. The van der Waals surface area contributed by atoms with Crippen molar-refractivity contribution in [3.63, 3.8) is 0 Å². The van der Waals surface area contributed by atoms with Crippen LogP contribution in [0.2, 0.25) is 0 Å². The van der Waals surface area contributed by atoms with Crippen molar-refractivity contribution in [1.29, 1.82) is 0 Å². The summed E-state index contributed by atoms with van der Waals surface area (Å²) < 4.78 is 0. The number of thioether (sulfide) groups is 1. The third-order valence-corrected chi connectivity index (χ3v) is 5.22. The first-order valence-electron chi connectivity index (χ1n) is 7.45. The average molecular weight is 344 g/mol. The molecule has 2 rings (SSSR count). The fourth-order valence-corrected chi connectivity index (χ4v) is 3.93. The minimum absolute atomic E-state index is 0.0628. The Kier molecular flexibility index (Phi) is 6.12. The number of aliphatic hydroxyl groups excluding tert-OH is 5. The third-order valence-electron chi connectivity index (χ3n) is 4.07. The quantitative estimate of drug-likeness (QED) is 0.340. The molecule has 4 unspecified atom stereocenters. The number of hydrogen-bond acceptors (Lipinski definition) is 8. The van der Waals surface area contributed by atoms with Gasteiger partial charge in [0, 0.05) is 29.9 Å². The van der Waals surface area contributed by atoms with E-state index < -0.39 is 31.0 Å². The molecule has 1 aliphatic heterocycles. The molecular weight excluding hydrogens is 320 g/mol. The molecule has 1 aromatic carbocycles. The lowest BCUT2D eigenvalue weighted by molar-refractivity contribution is -0.112. The van der Waals surface area contributed by atoms with E-state index in [1.54, 1.807) is 23.7 Å². The van der Waals surface area contributed by atoms with Crippen LogP contribution in [-0.4, -0.2) is 75.9 Å². The topological polar surface area (TPSA) is 130 Å². The first kappa shape index (κ1) is 18.3. The highest BCUT2D eigenvalue weighted by molar-refractivity contribution is 7.99. The van der Waals surface area contributed by atoms with Gasteiger partial charge in [0.2, 0.25) is 0 Å². The molecule has 0 saturated carbocycles. The molecule has 0 fully saturated rings. The van der Waals surface area contributed by atoms with Crippen LogP contribution in [0.1, 0.15) is 5.56 Å². The number of likely N-dealkylation sites (N-methyl/N-ethyl adjacent to an activating group) is 1. The van der Waals surface area contributed by atoms with Crippen molar-refractivity contribution in [2.45, 2.75) is 35.7 Å². The standard InChI is InChI=1S/C15H24N2O5S/c1-17(6-11(19)13(21)14(22)12(20)7-18)10-3-2-9(16)8-4-5-23-15(8)10/h2-3,11-14,18-22H,4-7,16H2,1H3. The van der Waals surface area contributed by atoms with E-state index in [1.165, 1.54) is 0 Å². The average Bonchev–Trinajstić information content (AvgIpc) is 3.03. The van der Waals surface area contributed by atoms with Gasteiger partial charge in [-0.25, -0.2) is 0 Å². The zero-order valence-electron chi connectivity index (χ0n) is 13.0. The Hall–Kier alpha value is -1.03. The first-order valence-corrected chi connectivity index (χ1v) is 8.43. The number of aliphatic hydroxyl groups is 5. The van der Waals surface area contributed by atoms with E-state index in [0.29, 0.717) is 0 Å². The second-order valence-corrected chi connectivity index (χ2v) is 6.86. The van der Waals surface area contributed by atoms with Crippen LogP contribution < -0.4 is 10.6 Å². The molecule has 0 spiro atoms. The summed E-state index contributed by atoms with van der Waals surface area (Å²) in [7, 11) is 1.77. The SMILES string of the molecule is CN(CC(O)C(O)C(O)C(O)CO)c1ccc(N)c2c1SCC2.